The lowest BCUT2D eigenvalue weighted by atomic mass is 10.1. The molecule has 1 N–H and O–H groups in total. The molecule has 0 saturated heterocycles. The Labute approximate surface area is 129 Å². The van der Waals surface area contributed by atoms with Gasteiger partial charge in [0.25, 0.3) is 0 Å². The van der Waals surface area contributed by atoms with E-state index >= 15 is 0 Å². The summed E-state index contributed by atoms with van der Waals surface area (Å²) in [7, 11) is 1.64. The van der Waals surface area contributed by atoms with E-state index in [4.69, 9.17) is 4.74 Å². The minimum absolute atomic E-state index is 0.0123. The molecule has 0 fully saturated rings. The summed E-state index contributed by atoms with van der Waals surface area (Å²) in [5.74, 6) is 0.800. The van der Waals surface area contributed by atoms with Gasteiger partial charge in [-0.2, -0.15) is 0 Å². The van der Waals surface area contributed by atoms with E-state index in [0.717, 1.165) is 21.8 Å². The van der Waals surface area contributed by atoms with E-state index in [1.165, 1.54) is 0 Å². The molecule has 0 bridgehead atoms. The van der Waals surface area contributed by atoms with Crippen LogP contribution in [0.4, 0.5) is 0 Å². The third-order valence-electron chi connectivity index (χ3n) is 3.13. The van der Waals surface area contributed by atoms with Crippen LogP contribution in [0.15, 0.2) is 47.4 Å². The van der Waals surface area contributed by atoms with Crippen LogP contribution in [-0.2, 0) is 11.3 Å². The molecule has 1 amide bonds. The van der Waals surface area contributed by atoms with Crippen molar-refractivity contribution in [2.75, 3.05) is 7.11 Å². The number of carbonyl (C=O) groups excluding carboxylic acids is 1. The maximum atomic E-state index is 12.2. The van der Waals surface area contributed by atoms with Gasteiger partial charge in [0.2, 0.25) is 5.91 Å². The average molecular weight is 301 g/mol. The third-order valence-corrected chi connectivity index (χ3v) is 4.01. The van der Waals surface area contributed by atoms with Gasteiger partial charge in [0.05, 0.1) is 13.7 Å². The minimum atomic E-state index is -0.0123. The zero-order valence-corrected chi connectivity index (χ0v) is 13.1. The second kappa shape index (κ2) is 7.64. The Morgan fingerprint density at radius 2 is 2.05 bits per heavy atom. The molecule has 110 valence electrons. The monoisotopic (exact) mass is 301 g/mol. The van der Waals surface area contributed by atoms with E-state index in [1.807, 2.05) is 54.8 Å². The Morgan fingerprint density at radius 1 is 1.29 bits per heavy atom. The molecule has 1 heterocycles. The zero-order valence-electron chi connectivity index (χ0n) is 12.3. The lowest BCUT2D eigenvalue weighted by molar-refractivity contribution is -0.117. The van der Waals surface area contributed by atoms with E-state index in [-0.39, 0.29) is 5.91 Å². The molecule has 2 aromatic rings. The molecule has 0 aliphatic heterocycles. The first kappa shape index (κ1) is 15.3. The quantitative estimate of drug-likeness (QED) is 0.823. The molecule has 1 aromatic carbocycles. The Kier molecular flexibility index (Phi) is 5.58. The molecule has 0 aliphatic carbocycles. The lowest BCUT2D eigenvalue weighted by Crippen LogP contribution is -2.23. The van der Waals surface area contributed by atoms with E-state index in [9.17, 15) is 4.79 Å². The summed E-state index contributed by atoms with van der Waals surface area (Å²) in [6.07, 6.45) is 2.62. The van der Waals surface area contributed by atoms with Gasteiger partial charge in [-0.05, 0) is 41.6 Å². The average Bonchev–Trinajstić information content (AvgIpc) is 3.04. The maximum Gasteiger partial charge on any atom is 0.247 e. The van der Waals surface area contributed by atoms with Crippen molar-refractivity contribution in [1.29, 1.82) is 0 Å². The topological polar surface area (TPSA) is 38.3 Å². The van der Waals surface area contributed by atoms with E-state index < -0.39 is 0 Å². The van der Waals surface area contributed by atoms with Crippen LogP contribution in [0.2, 0.25) is 0 Å². The number of ether oxygens (including phenoxy) is 1. The molecule has 1 aromatic heterocycles. The Hall–Kier alpha value is -2.07. The lowest BCUT2D eigenvalue weighted by Gasteiger charge is -2.07. The number of amides is 1. The molecule has 3 nitrogen and oxygen atoms in total. The molecule has 0 radical (unpaired) electrons. The van der Waals surface area contributed by atoms with Crippen molar-refractivity contribution in [2.45, 2.75) is 19.9 Å². The highest BCUT2D eigenvalue weighted by Gasteiger charge is 2.07. The second-order valence-electron chi connectivity index (χ2n) is 4.56. The smallest absolute Gasteiger partial charge is 0.247 e. The zero-order chi connectivity index (χ0) is 15.1. The summed E-state index contributed by atoms with van der Waals surface area (Å²) in [6.45, 7) is 2.57. The van der Waals surface area contributed by atoms with Gasteiger partial charge in [-0.3, -0.25) is 4.79 Å². The largest absolute Gasteiger partial charge is 0.497 e. The normalized spacial score (nSPS) is 11.2. The maximum absolute atomic E-state index is 12.2. The van der Waals surface area contributed by atoms with Crippen molar-refractivity contribution in [3.8, 4) is 5.75 Å². The predicted octanol–water partition coefficient (Wildman–Crippen LogP) is 3.87. The van der Waals surface area contributed by atoms with Crippen LogP contribution in [0, 0.1) is 0 Å². The number of hydrogen-bond donors (Lipinski definition) is 1. The fraction of sp³-hybridized carbons (Fsp3) is 0.235. The van der Waals surface area contributed by atoms with Gasteiger partial charge < -0.3 is 10.1 Å². The Balaban J connectivity index is 2.02. The summed E-state index contributed by atoms with van der Waals surface area (Å²) in [6, 6.07) is 11.7. The van der Waals surface area contributed by atoms with E-state index in [2.05, 4.69) is 5.32 Å². The number of nitrogens with one attached hydrogen (secondary N) is 1. The highest BCUT2D eigenvalue weighted by atomic mass is 32.1. The first-order valence-electron chi connectivity index (χ1n) is 6.88. The van der Waals surface area contributed by atoms with Crippen molar-refractivity contribution in [1.82, 2.24) is 5.32 Å². The molecule has 0 spiro atoms. The molecule has 0 aliphatic rings. The number of carbonyl (C=O) groups is 1. The van der Waals surface area contributed by atoms with Gasteiger partial charge >= 0.3 is 0 Å². The highest BCUT2D eigenvalue weighted by molar-refractivity contribution is 7.09. The van der Waals surface area contributed by atoms with Crippen LogP contribution in [-0.4, -0.2) is 13.0 Å². The molecule has 0 unspecified atom stereocenters. The number of methoxy groups -OCH3 is 1. The first-order chi connectivity index (χ1) is 10.2. The van der Waals surface area contributed by atoms with Crippen LogP contribution >= 0.6 is 11.3 Å². The number of benzene rings is 1. The molecule has 0 saturated carbocycles. The van der Waals surface area contributed by atoms with E-state index in [0.29, 0.717) is 13.0 Å². The summed E-state index contributed by atoms with van der Waals surface area (Å²) >= 11 is 1.64. The third kappa shape index (κ3) is 4.46. The fourth-order valence-corrected chi connectivity index (χ4v) is 2.57. The second-order valence-corrected chi connectivity index (χ2v) is 5.59. The predicted molar refractivity (Wildman–Crippen MR) is 87.4 cm³/mol. The van der Waals surface area contributed by atoms with Crippen molar-refractivity contribution < 1.29 is 9.53 Å². The SMILES string of the molecule is CCC(=Cc1ccc(OC)cc1)C(=O)NCc1cccs1. The van der Waals surface area contributed by atoms with Gasteiger partial charge in [-0.15, -0.1) is 11.3 Å². The van der Waals surface area contributed by atoms with Crippen LogP contribution < -0.4 is 10.1 Å². The minimum Gasteiger partial charge on any atom is -0.497 e. The van der Waals surface area contributed by atoms with Crippen LogP contribution in [0.1, 0.15) is 23.8 Å². The van der Waals surface area contributed by atoms with Crippen molar-refractivity contribution in [3.63, 3.8) is 0 Å². The van der Waals surface area contributed by atoms with Crippen LogP contribution in [0.5, 0.6) is 5.75 Å². The van der Waals surface area contributed by atoms with Crippen LogP contribution in [0.25, 0.3) is 6.08 Å². The van der Waals surface area contributed by atoms with E-state index in [1.54, 1.807) is 18.4 Å². The van der Waals surface area contributed by atoms with Gasteiger partial charge in [0.15, 0.2) is 0 Å². The van der Waals surface area contributed by atoms with Crippen molar-refractivity contribution >= 4 is 23.3 Å². The van der Waals surface area contributed by atoms with Crippen molar-refractivity contribution in [2.24, 2.45) is 0 Å². The number of thiophene rings is 1. The van der Waals surface area contributed by atoms with Gasteiger partial charge in [-0.1, -0.05) is 25.1 Å². The molecular weight excluding hydrogens is 282 g/mol. The summed E-state index contributed by atoms with van der Waals surface area (Å²) < 4.78 is 5.13. The summed E-state index contributed by atoms with van der Waals surface area (Å²) in [5.41, 5.74) is 1.77. The number of rotatable bonds is 6. The molecule has 4 heteroatoms. The van der Waals surface area contributed by atoms with Crippen LogP contribution in [0.3, 0.4) is 0 Å². The van der Waals surface area contributed by atoms with Gasteiger partial charge in [0, 0.05) is 10.5 Å². The first-order valence-corrected chi connectivity index (χ1v) is 7.76. The van der Waals surface area contributed by atoms with Crippen molar-refractivity contribution in [3.05, 3.63) is 57.8 Å². The molecule has 0 atom stereocenters. The van der Waals surface area contributed by atoms with Gasteiger partial charge in [-0.25, -0.2) is 0 Å². The standard InChI is InChI=1S/C17H19NO2S/c1-3-14(11-13-6-8-15(20-2)9-7-13)17(19)18-12-16-5-4-10-21-16/h4-11H,3,12H2,1-2H3,(H,18,19). The fourth-order valence-electron chi connectivity index (χ4n) is 1.92. The highest BCUT2D eigenvalue weighted by Crippen LogP contribution is 2.15. The number of hydrogen-bond acceptors (Lipinski definition) is 3. The Bertz CT molecular complexity index is 600. The summed E-state index contributed by atoms with van der Waals surface area (Å²) in [4.78, 5) is 13.4. The molecule has 21 heavy (non-hydrogen) atoms. The van der Waals surface area contributed by atoms with Gasteiger partial charge in [0.1, 0.15) is 5.75 Å². The summed E-state index contributed by atoms with van der Waals surface area (Å²) in [5, 5.41) is 4.97. The molecule has 2 rings (SSSR count). The Morgan fingerprint density at radius 3 is 2.62 bits per heavy atom. The molecular formula is C17H19NO2S.